The third-order valence-electron chi connectivity index (χ3n) is 3.50. The van der Waals surface area contributed by atoms with Crippen LogP contribution in [0.2, 0.25) is 5.15 Å². The molecule has 94 valence electrons. The second-order valence-electron chi connectivity index (χ2n) is 5.54. The van der Waals surface area contributed by atoms with Crippen LogP contribution < -0.4 is 0 Å². The first-order chi connectivity index (χ1) is 8.16. The minimum atomic E-state index is 0.649. The minimum absolute atomic E-state index is 0.649. The van der Waals surface area contributed by atoms with Crippen LogP contribution in [0.25, 0.3) is 0 Å². The fourth-order valence-electron chi connectivity index (χ4n) is 2.70. The normalized spacial score (nSPS) is 16.5. The highest BCUT2D eigenvalue weighted by atomic mass is 35.5. The van der Waals surface area contributed by atoms with Crippen molar-refractivity contribution in [3.05, 3.63) is 28.0 Å². The molecule has 1 aromatic heterocycles. The van der Waals surface area contributed by atoms with E-state index >= 15 is 0 Å². The van der Waals surface area contributed by atoms with Crippen molar-refractivity contribution >= 4 is 11.6 Å². The molecule has 17 heavy (non-hydrogen) atoms. The molecule has 2 heteroatoms. The maximum Gasteiger partial charge on any atom is 0.129 e. The third-order valence-corrected chi connectivity index (χ3v) is 3.69. The molecule has 1 heterocycles. The van der Waals surface area contributed by atoms with Gasteiger partial charge in [-0.3, -0.25) is 0 Å². The summed E-state index contributed by atoms with van der Waals surface area (Å²) in [5, 5.41) is 0.681. The molecular weight excluding hydrogens is 230 g/mol. The second-order valence-corrected chi connectivity index (χ2v) is 5.93. The van der Waals surface area contributed by atoms with Gasteiger partial charge in [0.1, 0.15) is 5.15 Å². The Hall–Kier alpha value is -0.560. The summed E-state index contributed by atoms with van der Waals surface area (Å²) < 4.78 is 0. The van der Waals surface area contributed by atoms with Crippen molar-refractivity contribution in [1.29, 1.82) is 0 Å². The Bertz CT molecular complexity index is 385. The van der Waals surface area contributed by atoms with Crippen LogP contribution in [0.5, 0.6) is 0 Å². The summed E-state index contributed by atoms with van der Waals surface area (Å²) in [6.45, 7) is 4.50. The van der Waals surface area contributed by atoms with Gasteiger partial charge in [-0.25, -0.2) is 4.98 Å². The van der Waals surface area contributed by atoms with E-state index in [1.807, 2.05) is 0 Å². The van der Waals surface area contributed by atoms with E-state index in [4.69, 9.17) is 11.6 Å². The molecule has 0 spiro atoms. The highest BCUT2D eigenvalue weighted by Gasteiger charge is 2.14. The topological polar surface area (TPSA) is 12.9 Å². The van der Waals surface area contributed by atoms with Gasteiger partial charge in [0.25, 0.3) is 0 Å². The van der Waals surface area contributed by atoms with Gasteiger partial charge in [-0.05, 0) is 55.2 Å². The van der Waals surface area contributed by atoms with Gasteiger partial charge in [-0.15, -0.1) is 0 Å². The largest absolute Gasteiger partial charge is 0.241 e. The Morgan fingerprint density at radius 1 is 1.18 bits per heavy atom. The molecule has 0 N–H and O–H groups in total. The standard InChI is InChI=1S/C15H22ClN/c1-11(2)9-14-13-8-6-4-3-5-7-12(13)10-15(16)17-14/h10-11H,3-9H2,1-2H3. The lowest BCUT2D eigenvalue weighted by atomic mass is 9.90. The molecule has 2 rings (SSSR count). The summed E-state index contributed by atoms with van der Waals surface area (Å²) in [6.07, 6.45) is 8.77. The Kier molecular flexibility index (Phi) is 4.44. The van der Waals surface area contributed by atoms with Gasteiger partial charge >= 0.3 is 0 Å². The summed E-state index contributed by atoms with van der Waals surface area (Å²) in [4.78, 5) is 4.56. The molecule has 0 atom stereocenters. The molecule has 1 aromatic rings. The number of halogens is 1. The molecular formula is C15H22ClN. The quantitative estimate of drug-likeness (QED) is 0.701. The molecule has 0 unspecified atom stereocenters. The van der Waals surface area contributed by atoms with Crippen LogP contribution in [0.4, 0.5) is 0 Å². The molecule has 0 fully saturated rings. The van der Waals surface area contributed by atoms with Crippen LogP contribution >= 0.6 is 11.6 Å². The first kappa shape index (κ1) is 12.9. The van der Waals surface area contributed by atoms with Crippen molar-refractivity contribution in [1.82, 2.24) is 4.98 Å². The number of nitrogens with zero attached hydrogens (tertiary/aromatic N) is 1. The van der Waals surface area contributed by atoms with Crippen LogP contribution in [0.3, 0.4) is 0 Å². The number of hydrogen-bond donors (Lipinski definition) is 0. The smallest absolute Gasteiger partial charge is 0.129 e. The predicted molar refractivity (Wildman–Crippen MR) is 73.7 cm³/mol. The van der Waals surface area contributed by atoms with Gasteiger partial charge < -0.3 is 0 Å². The Balaban J connectivity index is 2.36. The lowest BCUT2D eigenvalue weighted by Crippen LogP contribution is -2.09. The van der Waals surface area contributed by atoms with E-state index in [1.165, 1.54) is 55.3 Å². The fourth-order valence-corrected chi connectivity index (χ4v) is 2.93. The van der Waals surface area contributed by atoms with Crippen molar-refractivity contribution < 1.29 is 0 Å². The number of fused-ring (bicyclic) bond motifs is 1. The van der Waals surface area contributed by atoms with Gasteiger partial charge in [0.2, 0.25) is 0 Å². The zero-order valence-corrected chi connectivity index (χ0v) is 11.7. The lowest BCUT2D eigenvalue weighted by Gasteiger charge is -2.18. The second kappa shape index (κ2) is 5.86. The molecule has 0 saturated carbocycles. The van der Waals surface area contributed by atoms with Crippen molar-refractivity contribution in [3.8, 4) is 0 Å². The van der Waals surface area contributed by atoms with E-state index < -0.39 is 0 Å². The Morgan fingerprint density at radius 2 is 1.88 bits per heavy atom. The first-order valence-electron chi connectivity index (χ1n) is 6.84. The average molecular weight is 252 g/mol. The van der Waals surface area contributed by atoms with Crippen LogP contribution in [-0.2, 0) is 19.3 Å². The molecule has 1 aliphatic rings. The van der Waals surface area contributed by atoms with Gasteiger partial charge in [0.15, 0.2) is 0 Å². The molecule has 0 radical (unpaired) electrons. The van der Waals surface area contributed by atoms with E-state index in [-0.39, 0.29) is 0 Å². The summed E-state index contributed by atoms with van der Waals surface area (Å²) in [5.74, 6) is 0.649. The molecule has 0 aromatic carbocycles. The number of aromatic nitrogens is 1. The zero-order valence-electron chi connectivity index (χ0n) is 10.9. The van der Waals surface area contributed by atoms with Crippen LogP contribution in [0, 0.1) is 5.92 Å². The van der Waals surface area contributed by atoms with E-state index in [0.717, 1.165) is 6.42 Å². The van der Waals surface area contributed by atoms with Crippen molar-refractivity contribution in [2.24, 2.45) is 5.92 Å². The SMILES string of the molecule is CC(C)Cc1nc(Cl)cc2c1CCCCCC2. The number of rotatable bonds is 2. The minimum Gasteiger partial charge on any atom is -0.241 e. The molecule has 0 saturated heterocycles. The monoisotopic (exact) mass is 251 g/mol. The zero-order chi connectivity index (χ0) is 12.3. The van der Waals surface area contributed by atoms with Crippen LogP contribution in [-0.4, -0.2) is 4.98 Å². The number of pyridine rings is 1. The Labute approximate surface area is 110 Å². The van der Waals surface area contributed by atoms with Crippen molar-refractivity contribution in [3.63, 3.8) is 0 Å². The maximum absolute atomic E-state index is 6.15. The first-order valence-corrected chi connectivity index (χ1v) is 7.22. The highest BCUT2D eigenvalue weighted by molar-refractivity contribution is 6.29. The van der Waals surface area contributed by atoms with Gasteiger partial charge in [0.05, 0.1) is 0 Å². The van der Waals surface area contributed by atoms with Crippen LogP contribution in [0.15, 0.2) is 6.07 Å². The summed E-state index contributed by atoms with van der Waals surface area (Å²) in [6, 6.07) is 2.09. The molecule has 0 bridgehead atoms. The van der Waals surface area contributed by atoms with Gasteiger partial charge in [-0.1, -0.05) is 38.3 Å². The molecule has 0 amide bonds. The van der Waals surface area contributed by atoms with E-state index in [1.54, 1.807) is 0 Å². The van der Waals surface area contributed by atoms with E-state index in [9.17, 15) is 0 Å². The van der Waals surface area contributed by atoms with E-state index in [2.05, 4.69) is 24.9 Å². The Morgan fingerprint density at radius 3 is 2.59 bits per heavy atom. The number of aryl methyl sites for hydroxylation is 1. The molecule has 0 aliphatic heterocycles. The predicted octanol–water partition coefficient (Wildman–Crippen LogP) is 4.59. The van der Waals surface area contributed by atoms with E-state index in [0.29, 0.717) is 11.1 Å². The summed E-state index contributed by atoms with van der Waals surface area (Å²) in [7, 11) is 0. The summed E-state index contributed by atoms with van der Waals surface area (Å²) in [5.41, 5.74) is 4.22. The molecule has 1 aliphatic carbocycles. The maximum atomic E-state index is 6.15. The van der Waals surface area contributed by atoms with Crippen LogP contribution in [0.1, 0.15) is 56.4 Å². The summed E-state index contributed by atoms with van der Waals surface area (Å²) >= 11 is 6.15. The number of hydrogen-bond acceptors (Lipinski definition) is 1. The molecule has 1 nitrogen and oxygen atoms in total. The third kappa shape index (κ3) is 3.45. The van der Waals surface area contributed by atoms with Crippen molar-refractivity contribution in [2.75, 3.05) is 0 Å². The average Bonchev–Trinajstić information content (AvgIpc) is 2.19. The van der Waals surface area contributed by atoms with Gasteiger partial charge in [-0.2, -0.15) is 0 Å². The van der Waals surface area contributed by atoms with Crippen molar-refractivity contribution in [2.45, 2.75) is 58.8 Å². The van der Waals surface area contributed by atoms with Gasteiger partial charge in [0, 0.05) is 5.69 Å². The fraction of sp³-hybridized carbons (Fsp3) is 0.667. The lowest BCUT2D eigenvalue weighted by molar-refractivity contribution is 0.593. The highest BCUT2D eigenvalue weighted by Crippen LogP contribution is 2.26.